The van der Waals surface area contributed by atoms with Crippen molar-refractivity contribution in [2.24, 2.45) is 0 Å². The standard InChI is InChI=1S/C12H9NO4/c14-11(9-5-2-1-3-6-9)13(16)12(15)10-7-4-8-17-10/h1-8,16H. The number of hydroxylamine groups is 2. The fourth-order valence-corrected chi connectivity index (χ4v) is 1.30. The maximum absolute atomic E-state index is 11.7. The second-order valence-electron chi connectivity index (χ2n) is 3.27. The number of hydrogen-bond donors (Lipinski definition) is 1. The van der Waals surface area contributed by atoms with Gasteiger partial charge in [0.05, 0.1) is 6.26 Å². The van der Waals surface area contributed by atoms with Gasteiger partial charge in [0.25, 0.3) is 5.91 Å². The first kappa shape index (κ1) is 11.1. The summed E-state index contributed by atoms with van der Waals surface area (Å²) in [5, 5.41) is 9.52. The molecule has 0 aliphatic heterocycles. The number of imide groups is 1. The van der Waals surface area contributed by atoms with E-state index in [9.17, 15) is 14.8 Å². The summed E-state index contributed by atoms with van der Waals surface area (Å²) in [6, 6.07) is 10.9. The molecule has 5 nitrogen and oxygen atoms in total. The molecule has 86 valence electrons. The Morgan fingerprint density at radius 1 is 1.00 bits per heavy atom. The molecule has 0 saturated heterocycles. The largest absolute Gasteiger partial charge is 0.459 e. The number of amides is 2. The smallest absolute Gasteiger partial charge is 0.320 e. The van der Waals surface area contributed by atoms with E-state index in [0.717, 1.165) is 0 Å². The van der Waals surface area contributed by atoms with Crippen LogP contribution in [-0.4, -0.2) is 22.1 Å². The number of benzene rings is 1. The number of carbonyl (C=O) groups excluding carboxylic acids is 2. The van der Waals surface area contributed by atoms with Crippen molar-refractivity contribution < 1.29 is 19.2 Å². The van der Waals surface area contributed by atoms with Crippen molar-refractivity contribution in [1.82, 2.24) is 5.06 Å². The predicted octanol–water partition coefficient (Wildman–Crippen LogP) is 1.95. The highest BCUT2D eigenvalue weighted by Gasteiger charge is 2.24. The van der Waals surface area contributed by atoms with Crippen molar-refractivity contribution in [3.63, 3.8) is 0 Å². The summed E-state index contributed by atoms with van der Waals surface area (Å²) in [6.07, 6.45) is 1.29. The van der Waals surface area contributed by atoms with Gasteiger partial charge >= 0.3 is 5.91 Å². The van der Waals surface area contributed by atoms with E-state index < -0.39 is 11.8 Å². The molecule has 2 rings (SSSR count). The van der Waals surface area contributed by atoms with Gasteiger partial charge < -0.3 is 4.42 Å². The molecular weight excluding hydrogens is 222 g/mol. The minimum absolute atomic E-state index is 0.0359. The van der Waals surface area contributed by atoms with E-state index in [1.807, 2.05) is 0 Å². The molecular formula is C12H9NO4. The first-order valence-electron chi connectivity index (χ1n) is 4.86. The molecule has 1 aromatic carbocycles. The van der Waals surface area contributed by atoms with Crippen LogP contribution in [0.3, 0.4) is 0 Å². The van der Waals surface area contributed by atoms with E-state index in [2.05, 4.69) is 0 Å². The van der Waals surface area contributed by atoms with E-state index >= 15 is 0 Å². The van der Waals surface area contributed by atoms with Gasteiger partial charge in [-0.05, 0) is 24.3 Å². The lowest BCUT2D eigenvalue weighted by Crippen LogP contribution is -2.33. The summed E-state index contributed by atoms with van der Waals surface area (Å²) >= 11 is 0. The lowest BCUT2D eigenvalue weighted by atomic mass is 10.2. The molecule has 0 saturated carbocycles. The Morgan fingerprint density at radius 3 is 2.29 bits per heavy atom. The summed E-state index contributed by atoms with van der Waals surface area (Å²) in [4.78, 5) is 23.3. The van der Waals surface area contributed by atoms with Crippen LogP contribution in [0.4, 0.5) is 0 Å². The third kappa shape index (κ3) is 2.24. The average molecular weight is 231 g/mol. The van der Waals surface area contributed by atoms with Crippen LogP contribution in [0.25, 0.3) is 0 Å². The summed E-state index contributed by atoms with van der Waals surface area (Å²) < 4.78 is 4.80. The molecule has 0 bridgehead atoms. The normalized spacial score (nSPS) is 9.94. The van der Waals surface area contributed by atoms with Gasteiger partial charge in [0.15, 0.2) is 5.76 Å². The van der Waals surface area contributed by atoms with Gasteiger partial charge in [-0.2, -0.15) is 0 Å². The molecule has 1 aromatic heterocycles. The third-order valence-corrected chi connectivity index (χ3v) is 2.14. The number of carbonyl (C=O) groups is 2. The van der Waals surface area contributed by atoms with Gasteiger partial charge in [-0.3, -0.25) is 14.8 Å². The lowest BCUT2D eigenvalue weighted by Gasteiger charge is -2.11. The molecule has 2 amide bonds. The van der Waals surface area contributed by atoms with E-state index in [1.54, 1.807) is 18.2 Å². The third-order valence-electron chi connectivity index (χ3n) is 2.14. The Bertz CT molecular complexity index is 519. The van der Waals surface area contributed by atoms with Gasteiger partial charge in [-0.15, -0.1) is 5.06 Å². The molecule has 0 radical (unpaired) electrons. The predicted molar refractivity (Wildman–Crippen MR) is 57.4 cm³/mol. The van der Waals surface area contributed by atoms with Crippen molar-refractivity contribution in [2.75, 3.05) is 0 Å². The van der Waals surface area contributed by atoms with Crippen LogP contribution in [0.2, 0.25) is 0 Å². The van der Waals surface area contributed by atoms with Gasteiger partial charge in [0.2, 0.25) is 0 Å². The molecule has 2 aromatic rings. The minimum Gasteiger partial charge on any atom is -0.459 e. The van der Waals surface area contributed by atoms with Crippen LogP contribution in [0.15, 0.2) is 53.1 Å². The molecule has 0 atom stereocenters. The lowest BCUT2D eigenvalue weighted by molar-refractivity contribution is -0.0388. The molecule has 1 N–H and O–H groups in total. The highest BCUT2D eigenvalue weighted by Crippen LogP contribution is 2.08. The quantitative estimate of drug-likeness (QED) is 0.487. The summed E-state index contributed by atoms with van der Waals surface area (Å²) in [7, 11) is 0. The molecule has 0 unspecified atom stereocenters. The molecule has 0 aliphatic rings. The molecule has 5 heteroatoms. The van der Waals surface area contributed by atoms with Crippen LogP contribution in [0.1, 0.15) is 20.9 Å². The van der Waals surface area contributed by atoms with Crippen LogP contribution in [0, 0.1) is 0 Å². The number of furan rings is 1. The van der Waals surface area contributed by atoms with Crippen LogP contribution in [0.5, 0.6) is 0 Å². The minimum atomic E-state index is -0.899. The molecule has 0 spiro atoms. The van der Waals surface area contributed by atoms with Crippen molar-refractivity contribution in [3.05, 3.63) is 60.1 Å². The van der Waals surface area contributed by atoms with E-state index in [0.29, 0.717) is 0 Å². The van der Waals surface area contributed by atoms with Crippen LogP contribution < -0.4 is 0 Å². The van der Waals surface area contributed by atoms with Gasteiger partial charge in [-0.25, -0.2) is 0 Å². The first-order valence-corrected chi connectivity index (χ1v) is 4.86. The van der Waals surface area contributed by atoms with Gasteiger partial charge in [-0.1, -0.05) is 18.2 Å². The number of rotatable bonds is 2. The highest BCUT2D eigenvalue weighted by molar-refractivity contribution is 6.08. The number of hydrogen-bond acceptors (Lipinski definition) is 4. The van der Waals surface area contributed by atoms with Gasteiger partial charge in [0.1, 0.15) is 0 Å². The topological polar surface area (TPSA) is 70.8 Å². The SMILES string of the molecule is O=C(c1ccccc1)N(O)C(=O)c1ccco1. The maximum Gasteiger partial charge on any atom is 0.320 e. The summed E-state index contributed by atoms with van der Waals surface area (Å²) in [5.41, 5.74) is 0.218. The van der Waals surface area contributed by atoms with E-state index in [-0.39, 0.29) is 16.4 Å². The average Bonchev–Trinajstić information content (AvgIpc) is 2.91. The highest BCUT2D eigenvalue weighted by atomic mass is 16.5. The van der Waals surface area contributed by atoms with E-state index in [1.165, 1.54) is 30.5 Å². The zero-order valence-electron chi connectivity index (χ0n) is 8.74. The van der Waals surface area contributed by atoms with Crippen molar-refractivity contribution in [2.45, 2.75) is 0 Å². The molecule has 0 fully saturated rings. The van der Waals surface area contributed by atoms with Crippen LogP contribution >= 0.6 is 0 Å². The Balaban J connectivity index is 2.19. The zero-order valence-corrected chi connectivity index (χ0v) is 8.74. The maximum atomic E-state index is 11.7. The number of nitrogens with zero attached hydrogens (tertiary/aromatic N) is 1. The molecule has 17 heavy (non-hydrogen) atoms. The second kappa shape index (κ2) is 4.63. The summed E-state index contributed by atoms with van der Waals surface area (Å²) in [6.45, 7) is 0. The van der Waals surface area contributed by atoms with Crippen molar-refractivity contribution in [3.8, 4) is 0 Å². The van der Waals surface area contributed by atoms with E-state index in [4.69, 9.17) is 4.42 Å². The fourth-order valence-electron chi connectivity index (χ4n) is 1.30. The Hall–Kier alpha value is -2.40. The Morgan fingerprint density at radius 2 is 1.71 bits per heavy atom. The molecule has 0 aliphatic carbocycles. The zero-order chi connectivity index (χ0) is 12.3. The van der Waals surface area contributed by atoms with Crippen molar-refractivity contribution >= 4 is 11.8 Å². The van der Waals surface area contributed by atoms with Crippen molar-refractivity contribution in [1.29, 1.82) is 0 Å². The van der Waals surface area contributed by atoms with Gasteiger partial charge in [0, 0.05) is 5.56 Å². The molecule has 1 heterocycles. The summed E-state index contributed by atoms with van der Waals surface area (Å²) in [5.74, 6) is -1.80. The second-order valence-corrected chi connectivity index (χ2v) is 3.27. The first-order chi connectivity index (χ1) is 8.20. The van der Waals surface area contributed by atoms with Crippen LogP contribution in [-0.2, 0) is 0 Å². The monoisotopic (exact) mass is 231 g/mol. The Labute approximate surface area is 96.8 Å². The fraction of sp³-hybridized carbons (Fsp3) is 0. The Kier molecular flexibility index (Phi) is 3.02.